The van der Waals surface area contributed by atoms with Gasteiger partial charge in [0.2, 0.25) is 5.91 Å². The van der Waals surface area contributed by atoms with Crippen molar-refractivity contribution in [3.63, 3.8) is 0 Å². The van der Waals surface area contributed by atoms with Crippen molar-refractivity contribution in [2.75, 3.05) is 5.32 Å². The van der Waals surface area contributed by atoms with Crippen molar-refractivity contribution in [1.29, 1.82) is 0 Å². The molecule has 1 aliphatic rings. The first-order valence-corrected chi connectivity index (χ1v) is 8.23. The number of furan rings is 1. The number of anilines is 1. The highest BCUT2D eigenvalue weighted by Crippen LogP contribution is 2.31. The summed E-state index contributed by atoms with van der Waals surface area (Å²) in [7, 11) is 0. The largest absolute Gasteiger partial charge is 0.481 e. The first-order chi connectivity index (χ1) is 12.1. The summed E-state index contributed by atoms with van der Waals surface area (Å²) < 4.78 is 5.82. The Hall–Kier alpha value is -3.08. The molecule has 0 unspecified atom stereocenters. The van der Waals surface area contributed by atoms with Crippen molar-refractivity contribution in [1.82, 2.24) is 0 Å². The van der Waals surface area contributed by atoms with Crippen molar-refractivity contribution in [3.05, 3.63) is 54.6 Å². The molecule has 1 aromatic heterocycles. The molecule has 4 rings (SSSR count). The van der Waals surface area contributed by atoms with Crippen LogP contribution in [0.25, 0.3) is 21.9 Å². The van der Waals surface area contributed by atoms with E-state index in [-0.39, 0.29) is 5.91 Å². The zero-order valence-corrected chi connectivity index (χ0v) is 13.4. The number of carboxylic acid groups (broad SMARTS) is 1. The van der Waals surface area contributed by atoms with Gasteiger partial charge >= 0.3 is 5.97 Å². The second-order valence-corrected chi connectivity index (χ2v) is 6.29. The maximum atomic E-state index is 12.6. The number of benzene rings is 2. The average Bonchev–Trinajstić information content (AvgIpc) is 2.99. The van der Waals surface area contributed by atoms with Crippen LogP contribution in [0, 0.1) is 11.8 Å². The number of rotatable bonds is 3. The van der Waals surface area contributed by atoms with Crippen molar-refractivity contribution in [3.8, 4) is 0 Å². The van der Waals surface area contributed by atoms with Crippen molar-refractivity contribution < 1.29 is 19.1 Å². The fourth-order valence-corrected chi connectivity index (χ4v) is 3.42. The molecule has 2 atom stereocenters. The zero-order valence-electron chi connectivity index (χ0n) is 13.4. The number of amides is 1. The number of carbonyl (C=O) groups is 2. The number of aliphatic carboxylic acids is 1. The summed E-state index contributed by atoms with van der Waals surface area (Å²) in [4.78, 5) is 23.9. The standard InChI is InChI=1S/C20H17NO4/c22-19(15-6-1-2-7-16(15)20(23)24)21-12-9-10-14-13-5-3-4-8-17(13)25-18(14)11-12/h1-5,8-11,15-16H,6-7H2,(H,21,22)(H,23,24)/t15-,16+/m1/s1. The van der Waals surface area contributed by atoms with E-state index in [0.29, 0.717) is 24.1 Å². The summed E-state index contributed by atoms with van der Waals surface area (Å²) >= 11 is 0. The van der Waals surface area contributed by atoms with Crippen LogP contribution >= 0.6 is 0 Å². The Morgan fingerprint density at radius 2 is 1.68 bits per heavy atom. The predicted octanol–water partition coefficient (Wildman–Crippen LogP) is 4.19. The van der Waals surface area contributed by atoms with Crippen LogP contribution in [0.1, 0.15) is 12.8 Å². The summed E-state index contributed by atoms with van der Waals surface area (Å²) in [5.41, 5.74) is 2.09. The SMILES string of the molecule is O=C(O)[C@H]1CC=CC[C@H]1C(=O)Nc1ccc2c(c1)oc1ccccc12. The van der Waals surface area contributed by atoms with E-state index in [4.69, 9.17) is 4.42 Å². The minimum absolute atomic E-state index is 0.271. The lowest BCUT2D eigenvalue weighted by molar-refractivity contribution is -0.146. The van der Waals surface area contributed by atoms with Crippen LogP contribution in [0.15, 0.2) is 59.0 Å². The molecule has 5 heteroatoms. The van der Waals surface area contributed by atoms with Gasteiger partial charge in [-0.1, -0.05) is 30.4 Å². The van der Waals surface area contributed by atoms with E-state index >= 15 is 0 Å². The van der Waals surface area contributed by atoms with Crippen LogP contribution in [0.4, 0.5) is 5.69 Å². The molecule has 2 aromatic carbocycles. The number of hydrogen-bond acceptors (Lipinski definition) is 3. The Kier molecular flexibility index (Phi) is 3.76. The highest BCUT2D eigenvalue weighted by molar-refractivity contribution is 6.06. The first kappa shape index (κ1) is 15.4. The minimum Gasteiger partial charge on any atom is -0.481 e. The quantitative estimate of drug-likeness (QED) is 0.703. The van der Waals surface area contributed by atoms with Gasteiger partial charge in [0, 0.05) is 22.5 Å². The smallest absolute Gasteiger partial charge is 0.307 e. The number of nitrogens with one attached hydrogen (secondary N) is 1. The molecule has 0 saturated carbocycles. The minimum atomic E-state index is -0.933. The Labute approximate surface area is 143 Å². The summed E-state index contributed by atoms with van der Waals surface area (Å²) in [5, 5.41) is 14.2. The second-order valence-electron chi connectivity index (χ2n) is 6.29. The molecule has 0 aliphatic heterocycles. The highest BCUT2D eigenvalue weighted by atomic mass is 16.4. The van der Waals surface area contributed by atoms with Gasteiger partial charge in [-0.05, 0) is 31.0 Å². The third-order valence-corrected chi connectivity index (χ3v) is 4.73. The molecule has 0 spiro atoms. The van der Waals surface area contributed by atoms with Gasteiger partial charge in [-0.15, -0.1) is 0 Å². The summed E-state index contributed by atoms with van der Waals surface area (Å²) in [6.45, 7) is 0. The maximum absolute atomic E-state index is 12.6. The number of carboxylic acids is 1. The van der Waals surface area contributed by atoms with E-state index in [0.717, 1.165) is 16.4 Å². The lowest BCUT2D eigenvalue weighted by Gasteiger charge is -2.24. The maximum Gasteiger partial charge on any atom is 0.307 e. The molecule has 0 fully saturated rings. The number of carbonyl (C=O) groups excluding carboxylic acids is 1. The van der Waals surface area contributed by atoms with E-state index < -0.39 is 17.8 Å². The molecule has 1 aliphatic carbocycles. The number of allylic oxidation sites excluding steroid dienone is 2. The van der Waals surface area contributed by atoms with E-state index in [1.54, 1.807) is 6.07 Å². The van der Waals surface area contributed by atoms with Crippen molar-refractivity contribution >= 4 is 39.5 Å². The topological polar surface area (TPSA) is 79.5 Å². The van der Waals surface area contributed by atoms with Gasteiger partial charge in [0.25, 0.3) is 0 Å². The Morgan fingerprint density at radius 1 is 0.960 bits per heavy atom. The van der Waals surface area contributed by atoms with Crippen LogP contribution in [0.5, 0.6) is 0 Å². The molecular formula is C20H17NO4. The fraction of sp³-hybridized carbons (Fsp3) is 0.200. The number of para-hydroxylation sites is 1. The van der Waals surface area contributed by atoms with Crippen LogP contribution in [0.2, 0.25) is 0 Å². The first-order valence-electron chi connectivity index (χ1n) is 8.23. The third kappa shape index (κ3) is 2.78. The van der Waals surface area contributed by atoms with Gasteiger partial charge in [-0.3, -0.25) is 9.59 Å². The van der Waals surface area contributed by atoms with Gasteiger partial charge in [-0.25, -0.2) is 0 Å². The molecular weight excluding hydrogens is 318 g/mol. The van der Waals surface area contributed by atoms with Gasteiger partial charge in [0.05, 0.1) is 11.8 Å². The molecule has 5 nitrogen and oxygen atoms in total. The second kappa shape index (κ2) is 6.09. The predicted molar refractivity (Wildman–Crippen MR) is 95.3 cm³/mol. The van der Waals surface area contributed by atoms with Crippen LogP contribution in [-0.4, -0.2) is 17.0 Å². The Morgan fingerprint density at radius 3 is 2.48 bits per heavy atom. The molecule has 3 aromatic rings. The summed E-state index contributed by atoms with van der Waals surface area (Å²) in [6.07, 6.45) is 4.51. The molecule has 1 heterocycles. The average molecular weight is 335 g/mol. The van der Waals surface area contributed by atoms with E-state index in [2.05, 4.69) is 5.32 Å². The van der Waals surface area contributed by atoms with Gasteiger partial charge in [-0.2, -0.15) is 0 Å². The summed E-state index contributed by atoms with van der Waals surface area (Å²) in [5.74, 6) is -2.45. The van der Waals surface area contributed by atoms with E-state index in [1.807, 2.05) is 48.6 Å². The normalized spacial score (nSPS) is 20.0. The Bertz CT molecular complexity index is 1000. The molecule has 126 valence electrons. The monoisotopic (exact) mass is 335 g/mol. The molecule has 1 amide bonds. The van der Waals surface area contributed by atoms with Crippen molar-refractivity contribution in [2.24, 2.45) is 11.8 Å². The lowest BCUT2D eigenvalue weighted by atomic mass is 9.82. The van der Waals surface area contributed by atoms with Gasteiger partial charge in [0.15, 0.2) is 0 Å². The van der Waals surface area contributed by atoms with E-state index in [9.17, 15) is 14.7 Å². The highest BCUT2D eigenvalue weighted by Gasteiger charge is 2.33. The number of fused-ring (bicyclic) bond motifs is 3. The number of hydrogen-bond donors (Lipinski definition) is 2. The Balaban J connectivity index is 1.61. The molecule has 25 heavy (non-hydrogen) atoms. The lowest BCUT2D eigenvalue weighted by Crippen LogP contribution is -2.34. The molecule has 2 N–H and O–H groups in total. The van der Waals surface area contributed by atoms with Gasteiger partial charge < -0.3 is 14.8 Å². The van der Waals surface area contributed by atoms with Crippen LogP contribution in [0.3, 0.4) is 0 Å². The molecule has 0 saturated heterocycles. The molecule has 0 radical (unpaired) electrons. The summed E-state index contributed by atoms with van der Waals surface area (Å²) in [6, 6.07) is 13.3. The zero-order chi connectivity index (χ0) is 17.4. The fourth-order valence-electron chi connectivity index (χ4n) is 3.42. The van der Waals surface area contributed by atoms with Crippen molar-refractivity contribution in [2.45, 2.75) is 12.8 Å². The van der Waals surface area contributed by atoms with E-state index in [1.165, 1.54) is 0 Å². The van der Waals surface area contributed by atoms with Gasteiger partial charge in [0.1, 0.15) is 11.2 Å². The molecule has 0 bridgehead atoms. The third-order valence-electron chi connectivity index (χ3n) is 4.73. The van der Waals surface area contributed by atoms with Crippen LogP contribution in [-0.2, 0) is 9.59 Å². The van der Waals surface area contributed by atoms with Crippen LogP contribution < -0.4 is 5.32 Å².